The minimum atomic E-state index is -0.867. The summed E-state index contributed by atoms with van der Waals surface area (Å²) in [6.45, 7) is 14.0. The molecule has 0 spiro atoms. The van der Waals surface area contributed by atoms with E-state index in [1.807, 2.05) is 52.1 Å². The molecule has 1 N–H and O–H groups in total. The van der Waals surface area contributed by atoms with Gasteiger partial charge < -0.3 is 9.72 Å². The van der Waals surface area contributed by atoms with Gasteiger partial charge in [-0.1, -0.05) is 60.1 Å². The molecule has 0 atom stereocenters. The van der Waals surface area contributed by atoms with E-state index in [1.54, 1.807) is 23.6 Å². The number of fused-ring (bicyclic) bond motifs is 1. The van der Waals surface area contributed by atoms with Gasteiger partial charge in [0.2, 0.25) is 5.91 Å². The number of benzene rings is 1. The minimum Gasteiger partial charge on any atom is -0.309 e. The Labute approximate surface area is 191 Å². The minimum absolute atomic E-state index is 0.196. The summed E-state index contributed by atoms with van der Waals surface area (Å²) in [5.74, 6) is -0.285. The molecule has 0 saturated heterocycles. The SMILES string of the molecule is CC.CC.CCC.Cc1c(F)cccc1-c1ccc2nc(NC(=O)C3CC(F)C3)cn2c1. The highest BCUT2D eigenvalue weighted by molar-refractivity contribution is 5.92. The normalized spacial score (nSPS) is 16.3. The molecule has 1 aromatic carbocycles. The van der Waals surface area contributed by atoms with Crippen molar-refractivity contribution in [1.82, 2.24) is 9.38 Å². The van der Waals surface area contributed by atoms with E-state index in [1.165, 1.54) is 12.5 Å². The monoisotopic (exact) mass is 445 g/mol. The van der Waals surface area contributed by atoms with Crippen LogP contribution in [0.2, 0.25) is 0 Å². The third-order valence-corrected chi connectivity index (χ3v) is 4.73. The predicted octanol–water partition coefficient (Wildman–Crippen LogP) is 7.60. The summed E-state index contributed by atoms with van der Waals surface area (Å²) in [5, 5.41) is 2.74. The Bertz CT molecular complexity index is 978. The lowest BCUT2D eigenvalue weighted by atomic mass is 9.83. The first kappa shape index (κ1) is 27.3. The second-order valence-electron chi connectivity index (χ2n) is 7.18. The number of hydrogen-bond acceptors (Lipinski definition) is 2. The average Bonchev–Trinajstić information content (AvgIpc) is 3.18. The van der Waals surface area contributed by atoms with Crippen LogP contribution in [0.5, 0.6) is 0 Å². The van der Waals surface area contributed by atoms with Crippen LogP contribution in [0.25, 0.3) is 16.8 Å². The quantitative estimate of drug-likeness (QED) is 0.451. The number of anilines is 1. The van der Waals surface area contributed by atoms with E-state index in [-0.39, 0.29) is 30.5 Å². The van der Waals surface area contributed by atoms with E-state index in [2.05, 4.69) is 24.1 Å². The maximum absolute atomic E-state index is 13.8. The fourth-order valence-electron chi connectivity index (χ4n) is 3.12. The van der Waals surface area contributed by atoms with Crippen molar-refractivity contribution in [3.05, 3.63) is 54.1 Å². The molecule has 1 saturated carbocycles. The summed E-state index contributed by atoms with van der Waals surface area (Å²) in [6, 6.07) is 8.66. The smallest absolute Gasteiger partial charge is 0.228 e. The van der Waals surface area contributed by atoms with Crippen molar-refractivity contribution in [2.24, 2.45) is 5.92 Å². The zero-order valence-electron chi connectivity index (χ0n) is 20.4. The molecule has 0 aliphatic heterocycles. The average molecular weight is 446 g/mol. The van der Waals surface area contributed by atoms with E-state index in [4.69, 9.17) is 0 Å². The van der Waals surface area contributed by atoms with Crippen LogP contribution >= 0.6 is 0 Å². The maximum Gasteiger partial charge on any atom is 0.228 e. The first-order chi connectivity index (χ1) is 15.4. The Hall–Kier alpha value is -2.76. The fourth-order valence-corrected chi connectivity index (χ4v) is 3.12. The maximum atomic E-state index is 13.8. The summed E-state index contributed by atoms with van der Waals surface area (Å²) < 4.78 is 28.4. The number of nitrogens with one attached hydrogen (secondary N) is 1. The van der Waals surface area contributed by atoms with Gasteiger partial charge in [0.1, 0.15) is 17.6 Å². The van der Waals surface area contributed by atoms with Gasteiger partial charge in [-0.05, 0) is 54.7 Å². The van der Waals surface area contributed by atoms with Gasteiger partial charge >= 0.3 is 0 Å². The Balaban J connectivity index is 0.000000662. The molecule has 0 unspecified atom stereocenters. The molecule has 4 nitrogen and oxygen atoms in total. The zero-order valence-corrected chi connectivity index (χ0v) is 20.4. The van der Waals surface area contributed by atoms with Crippen molar-refractivity contribution in [3.63, 3.8) is 0 Å². The molecule has 1 aliphatic carbocycles. The number of aromatic nitrogens is 2. The molecular weight excluding hydrogens is 408 g/mol. The van der Waals surface area contributed by atoms with Crippen LogP contribution in [-0.4, -0.2) is 21.5 Å². The molecule has 2 heterocycles. The van der Waals surface area contributed by atoms with Crippen LogP contribution in [0.1, 0.15) is 66.4 Å². The van der Waals surface area contributed by atoms with Crippen molar-refractivity contribution in [2.45, 2.75) is 73.9 Å². The Morgan fingerprint density at radius 1 is 1.09 bits per heavy atom. The van der Waals surface area contributed by atoms with E-state index in [9.17, 15) is 13.6 Å². The van der Waals surface area contributed by atoms with Crippen LogP contribution < -0.4 is 5.32 Å². The van der Waals surface area contributed by atoms with Crippen LogP contribution in [0.15, 0.2) is 42.7 Å². The van der Waals surface area contributed by atoms with Gasteiger partial charge in [0.25, 0.3) is 0 Å². The Kier molecular flexibility index (Phi) is 11.6. The van der Waals surface area contributed by atoms with Crippen molar-refractivity contribution in [2.75, 3.05) is 5.32 Å². The summed E-state index contributed by atoms with van der Waals surface area (Å²) in [7, 11) is 0. The molecule has 1 aliphatic rings. The third-order valence-electron chi connectivity index (χ3n) is 4.73. The summed E-state index contributed by atoms with van der Waals surface area (Å²) in [5.41, 5.74) is 2.93. The number of imidazole rings is 1. The summed E-state index contributed by atoms with van der Waals surface area (Å²) in [4.78, 5) is 16.4. The number of rotatable bonds is 3. The van der Waals surface area contributed by atoms with E-state index in [0.29, 0.717) is 17.0 Å². The number of halogens is 2. The van der Waals surface area contributed by atoms with Gasteiger partial charge in [-0.3, -0.25) is 4.79 Å². The number of carbonyl (C=O) groups excluding carboxylic acids is 1. The van der Waals surface area contributed by atoms with E-state index < -0.39 is 6.17 Å². The molecule has 6 heteroatoms. The lowest BCUT2D eigenvalue weighted by Gasteiger charge is -2.27. The van der Waals surface area contributed by atoms with Gasteiger partial charge in [0.15, 0.2) is 5.82 Å². The molecule has 3 aromatic rings. The lowest BCUT2D eigenvalue weighted by Crippen LogP contribution is -2.35. The number of pyridine rings is 1. The Morgan fingerprint density at radius 2 is 1.72 bits per heavy atom. The largest absolute Gasteiger partial charge is 0.309 e. The highest BCUT2D eigenvalue weighted by Crippen LogP contribution is 2.31. The lowest BCUT2D eigenvalue weighted by molar-refractivity contribution is -0.124. The van der Waals surface area contributed by atoms with Gasteiger partial charge in [0.05, 0.1) is 6.20 Å². The van der Waals surface area contributed by atoms with Crippen molar-refractivity contribution in [3.8, 4) is 11.1 Å². The van der Waals surface area contributed by atoms with Crippen molar-refractivity contribution >= 4 is 17.4 Å². The van der Waals surface area contributed by atoms with Crippen molar-refractivity contribution < 1.29 is 13.6 Å². The van der Waals surface area contributed by atoms with E-state index >= 15 is 0 Å². The molecular formula is C26H37F2N3O. The van der Waals surface area contributed by atoms with Crippen LogP contribution in [0.4, 0.5) is 14.6 Å². The standard InChI is InChI=1S/C19H17F2N3O.C3H8.2C2H6/c1-11-15(3-2-4-16(11)21)12-5-6-18-22-17(10-24(18)9-12)23-19(25)13-7-14(20)8-13;1-3-2;2*1-2/h2-6,9-10,13-14H,7-8H2,1H3,(H,23,25);3H2,1-2H3;2*1-2H3. The molecule has 1 fully saturated rings. The molecule has 32 heavy (non-hydrogen) atoms. The van der Waals surface area contributed by atoms with Gasteiger partial charge in [-0.2, -0.15) is 0 Å². The second-order valence-corrected chi connectivity index (χ2v) is 7.18. The predicted molar refractivity (Wildman–Crippen MR) is 130 cm³/mol. The van der Waals surface area contributed by atoms with Gasteiger partial charge in [-0.25, -0.2) is 13.8 Å². The molecule has 1 amide bonds. The number of carbonyl (C=O) groups is 1. The molecule has 4 rings (SSSR count). The fraction of sp³-hybridized carbons (Fsp3) is 0.462. The number of nitrogens with zero attached hydrogens (tertiary/aromatic N) is 2. The zero-order chi connectivity index (χ0) is 24.3. The molecule has 2 aromatic heterocycles. The molecule has 176 valence electrons. The number of hydrogen-bond donors (Lipinski definition) is 1. The first-order valence-corrected chi connectivity index (χ1v) is 11.6. The molecule has 0 bridgehead atoms. The highest BCUT2D eigenvalue weighted by Gasteiger charge is 2.34. The molecule has 0 radical (unpaired) electrons. The number of amides is 1. The third kappa shape index (κ3) is 6.87. The number of alkyl halides is 1. The summed E-state index contributed by atoms with van der Waals surface area (Å²) in [6.07, 6.45) is 4.50. The Morgan fingerprint density at radius 3 is 2.31 bits per heavy atom. The van der Waals surface area contributed by atoms with Crippen molar-refractivity contribution in [1.29, 1.82) is 0 Å². The van der Waals surface area contributed by atoms with Crippen LogP contribution in [0.3, 0.4) is 0 Å². The second kappa shape index (κ2) is 13.6. The topological polar surface area (TPSA) is 46.4 Å². The highest BCUT2D eigenvalue weighted by atomic mass is 19.1. The van der Waals surface area contributed by atoms with Gasteiger partial charge in [-0.15, -0.1) is 0 Å². The first-order valence-electron chi connectivity index (χ1n) is 11.6. The summed E-state index contributed by atoms with van der Waals surface area (Å²) >= 11 is 0. The van der Waals surface area contributed by atoms with Crippen LogP contribution in [-0.2, 0) is 4.79 Å². The van der Waals surface area contributed by atoms with E-state index in [0.717, 1.165) is 11.1 Å². The van der Waals surface area contributed by atoms with Crippen LogP contribution in [0, 0.1) is 18.7 Å². The van der Waals surface area contributed by atoms with Gasteiger partial charge in [0, 0.05) is 12.1 Å².